The summed E-state index contributed by atoms with van der Waals surface area (Å²) in [6.45, 7) is -1.15. The summed E-state index contributed by atoms with van der Waals surface area (Å²) in [5.41, 5.74) is -2.24. The van der Waals surface area contributed by atoms with Crippen LogP contribution in [0.15, 0.2) is 42.5 Å². The molecule has 2 N–H and O–H groups in total. The first-order valence-corrected chi connectivity index (χ1v) is 18.9. The lowest BCUT2D eigenvalue weighted by Crippen LogP contribution is -2.35. The van der Waals surface area contributed by atoms with Crippen LogP contribution in [0.5, 0.6) is 0 Å². The Balaban J connectivity index is 1.37. The van der Waals surface area contributed by atoms with Crippen LogP contribution < -0.4 is 10.0 Å². The molecular weight excluding hydrogens is 805 g/mol. The minimum absolute atomic E-state index is 0.0312. The first kappa shape index (κ1) is 39.4. The molecule has 2 aliphatic rings. The Labute approximate surface area is 317 Å². The zero-order valence-electron chi connectivity index (χ0n) is 28.9. The van der Waals surface area contributed by atoms with E-state index >= 15 is 0 Å². The third-order valence-electron chi connectivity index (χ3n) is 9.37. The lowest BCUT2D eigenvalue weighted by molar-refractivity contribution is -0.141. The molecule has 7 rings (SSSR count). The number of pyridine rings is 1. The third-order valence-corrected chi connectivity index (χ3v) is 11.5. The molecule has 56 heavy (non-hydrogen) atoms. The lowest BCUT2D eigenvalue weighted by Gasteiger charge is -2.23. The van der Waals surface area contributed by atoms with E-state index in [2.05, 4.69) is 25.2 Å². The van der Waals surface area contributed by atoms with Crippen molar-refractivity contribution in [3.05, 3.63) is 93.0 Å². The van der Waals surface area contributed by atoms with Crippen molar-refractivity contribution in [2.24, 2.45) is 0 Å². The monoisotopic (exact) mass is 833 g/mol. The van der Waals surface area contributed by atoms with Crippen LogP contribution in [0.25, 0.3) is 22.0 Å². The van der Waals surface area contributed by atoms with Crippen LogP contribution >= 0.6 is 11.6 Å². The van der Waals surface area contributed by atoms with Crippen molar-refractivity contribution in [2.45, 2.75) is 81.9 Å². The van der Waals surface area contributed by atoms with Crippen molar-refractivity contribution in [3.63, 3.8) is 0 Å². The van der Waals surface area contributed by atoms with Gasteiger partial charge in [-0.25, -0.2) is 26.0 Å². The normalized spacial score (nSPS) is 16.1. The maximum atomic E-state index is 14.9. The second-order valence-corrected chi connectivity index (χ2v) is 16.0. The van der Waals surface area contributed by atoms with E-state index in [9.17, 15) is 52.7 Å². The number of hydrogen-bond donors (Lipinski definition) is 2. The Kier molecular flexibility index (Phi) is 10.0. The predicted octanol–water partition coefficient (Wildman–Crippen LogP) is 8.08. The van der Waals surface area contributed by atoms with Crippen molar-refractivity contribution in [1.29, 1.82) is 0 Å². The number of carbonyl (C=O) groups excluding carboxylic acids is 1. The molecule has 0 saturated heterocycles. The van der Waals surface area contributed by atoms with Gasteiger partial charge in [-0.15, -0.1) is 0 Å². The fraction of sp³-hybridized carbons (Fsp3) is 0.371. The van der Waals surface area contributed by atoms with Gasteiger partial charge in [-0.1, -0.05) is 23.7 Å². The molecule has 1 fully saturated rings. The molecule has 2 aliphatic carbocycles. The molecule has 10 nitrogen and oxygen atoms in total. The SMILES string of the molecule is Cc1ccc(-c2ccc(Cl)c3c(NS(=O)(=O)C4CC4)nn(CC(F)(F)F)c23)c([C@H](Cc2cc(F)cc(F)c2)NC(=O)Cn2nc(C(F)F)c3c2C(F)(F)CC3)n1. The molecule has 1 atom stereocenters. The fourth-order valence-electron chi connectivity index (χ4n) is 6.94. The van der Waals surface area contributed by atoms with E-state index in [-0.39, 0.29) is 43.9 Å². The van der Waals surface area contributed by atoms with E-state index in [1.54, 1.807) is 0 Å². The highest BCUT2D eigenvalue weighted by Gasteiger charge is 2.46. The van der Waals surface area contributed by atoms with Gasteiger partial charge in [0.2, 0.25) is 15.9 Å². The molecule has 0 aliphatic heterocycles. The highest BCUT2D eigenvalue weighted by atomic mass is 35.5. The maximum Gasteiger partial charge on any atom is 0.408 e. The van der Waals surface area contributed by atoms with Crippen LogP contribution in [-0.2, 0) is 46.7 Å². The quantitative estimate of drug-likeness (QED) is 0.123. The number of nitrogens with zero attached hydrogens (tertiary/aromatic N) is 5. The predicted molar refractivity (Wildman–Crippen MR) is 185 cm³/mol. The molecule has 21 heteroatoms. The standard InChI is InChI=1S/C35H29ClF9N7O3S/c1-16-2-5-21(22-6-7-24(36)27-30(22)52(15-35(43,44)45)49-33(27)50-56(54,55)20-3-4-20)28(46-16)25(12-17-10-18(37)13-19(38)11-17)47-26(53)14-51-31-23(8-9-34(31,41)42)29(48-51)32(39)40/h2,5-7,10-11,13,20,25,32H,3-4,8-9,12,14-15H2,1H3,(H,47,53)(H,49,50)/t25-/m0/s1. The highest BCUT2D eigenvalue weighted by Crippen LogP contribution is 2.45. The number of rotatable bonds is 12. The molecule has 0 spiro atoms. The van der Waals surface area contributed by atoms with Crippen LogP contribution in [-0.4, -0.2) is 50.3 Å². The number of hydrogen-bond acceptors (Lipinski definition) is 6. The topological polar surface area (TPSA) is 124 Å². The van der Waals surface area contributed by atoms with E-state index < -0.39 is 107 Å². The summed E-state index contributed by atoms with van der Waals surface area (Å²) in [7, 11) is -4.06. The molecule has 0 radical (unpaired) electrons. The first-order chi connectivity index (χ1) is 26.2. The summed E-state index contributed by atoms with van der Waals surface area (Å²) in [5.74, 6) is -7.10. The van der Waals surface area contributed by atoms with Crippen LogP contribution in [0.4, 0.5) is 45.3 Å². The molecule has 3 aromatic heterocycles. The first-order valence-electron chi connectivity index (χ1n) is 17.0. The van der Waals surface area contributed by atoms with Gasteiger partial charge in [0.1, 0.15) is 36.1 Å². The van der Waals surface area contributed by atoms with Crippen LogP contribution in [0.1, 0.15) is 65.6 Å². The summed E-state index contributed by atoms with van der Waals surface area (Å²) < 4.78 is 157. The number of fused-ring (bicyclic) bond motifs is 2. The molecular formula is C35H29ClF9N7O3S. The highest BCUT2D eigenvalue weighted by molar-refractivity contribution is 7.93. The average molecular weight is 834 g/mol. The van der Waals surface area contributed by atoms with Crippen LogP contribution in [0.3, 0.4) is 0 Å². The van der Waals surface area contributed by atoms with Gasteiger partial charge in [-0.2, -0.15) is 32.1 Å². The van der Waals surface area contributed by atoms with E-state index in [0.717, 1.165) is 12.1 Å². The van der Waals surface area contributed by atoms with Crippen LogP contribution in [0, 0.1) is 18.6 Å². The molecule has 298 valence electrons. The van der Waals surface area contributed by atoms with Crippen molar-refractivity contribution in [2.75, 3.05) is 4.72 Å². The molecule has 0 bridgehead atoms. The molecule has 0 unspecified atom stereocenters. The van der Waals surface area contributed by atoms with E-state index in [4.69, 9.17) is 11.6 Å². The second kappa shape index (κ2) is 14.3. The van der Waals surface area contributed by atoms with Gasteiger partial charge in [-0.3, -0.25) is 23.9 Å². The van der Waals surface area contributed by atoms with Crippen molar-refractivity contribution >= 4 is 44.3 Å². The van der Waals surface area contributed by atoms with Gasteiger partial charge >= 0.3 is 6.18 Å². The number of amides is 1. The number of halogens is 10. The number of aryl methyl sites for hydroxylation is 1. The molecule has 1 amide bonds. The van der Waals surface area contributed by atoms with Gasteiger partial charge in [0.05, 0.1) is 32.9 Å². The number of nitrogens with one attached hydrogen (secondary N) is 2. The Morgan fingerprint density at radius 2 is 1.68 bits per heavy atom. The van der Waals surface area contributed by atoms with E-state index in [0.29, 0.717) is 34.0 Å². The summed E-state index contributed by atoms with van der Waals surface area (Å²) in [5, 5.41) is 9.00. The minimum atomic E-state index is -4.87. The molecule has 5 aromatic rings. The zero-order chi connectivity index (χ0) is 40.5. The Morgan fingerprint density at radius 1 is 1.00 bits per heavy atom. The Morgan fingerprint density at radius 3 is 2.32 bits per heavy atom. The van der Waals surface area contributed by atoms with Gasteiger partial charge in [0.25, 0.3) is 12.3 Å². The number of carbonyl (C=O) groups is 1. The zero-order valence-corrected chi connectivity index (χ0v) is 30.4. The van der Waals surface area contributed by atoms with Crippen molar-refractivity contribution in [1.82, 2.24) is 29.9 Å². The summed E-state index contributed by atoms with van der Waals surface area (Å²) >= 11 is 6.50. The van der Waals surface area contributed by atoms with Gasteiger partial charge in [0.15, 0.2) is 5.82 Å². The lowest BCUT2D eigenvalue weighted by atomic mass is 9.93. The van der Waals surface area contributed by atoms with Crippen molar-refractivity contribution in [3.8, 4) is 11.1 Å². The number of alkyl halides is 7. The number of anilines is 1. The number of aromatic nitrogens is 5. The maximum absolute atomic E-state index is 14.9. The molecule has 2 aromatic carbocycles. The molecule has 3 heterocycles. The smallest absolute Gasteiger partial charge is 0.346 e. The van der Waals surface area contributed by atoms with Gasteiger partial charge in [-0.05, 0) is 62.4 Å². The van der Waals surface area contributed by atoms with Gasteiger partial charge in [0, 0.05) is 34.9 Å². The van der Waals surface area contributed by atoms with Crippen LogP contribution in [0.2, 0.25) is 5.02 Å². The minimum Gasteiger partial charge on any atom is -0.346 e. The van der Waals surface area contributed by atoms with E-state index in [1.807, 2.05) is 0 Å². The summed E-state index contributed by atoms with van der Waals surface area (Å²) in [6, 6.07) is 6.59. The fourth-order valence-corrected chi connectivity index (χ4v) is 8.52. The van der Waals surface area contributed by atoms with Gasteiger partial charge < -0.3 is 5.32 Å². The number of benzene rings is 2. The Hall–Kier alpha value is -4.85. The van der Waals surface area contributed by atoms with E-state index in [1.165, 1.54) is 31.2 Å². The Bertz CT molecular complexity index is 2460. The summed E-state index contributed by atoms with van der Waals surface area (Å²) in [4.78, 5) is 18.3. The molecule has 1 saturated carbocycles. The van der Waals surface area contributed by atoms with Crippen molar-refractivity contribution < 1.29 is 52.7 Å². The average Bonchev–Trinajstić information content (AvgIpc) is 3.71. The number of sulfonamides is 1. The largest absolute Gasteiger partial charge is 0.408 e. The summed E-state index contributed by atoms with van der Waals surface area (Å²) in [6.07, 6.45) is -9.04. The second-order valence-electron chi connectivity index (χ2n) is 13.6. The third kappa shape index (κ3) is 7.89.